The van der Waals surface area contributed by atoms with Gasteiger partial charge in [-0.3, -0.25) is 14.9 Å². The van der Waals surface area contributed by atoms with E-state index < -0.39 is 4.92 Å². The molecule has 1 heterocycles. The molecule has 1 aromatic heterocycles. The predicted octanol–water partition coefficient (Wildman–Crippen LogP) is 1.97. The molecule has 2 rings (SSSR count). The monoisotopic (exact) mass is 339 g/mol. The SMILES string of the molecule is COc1ccc(=O)n(Cc2cccc([N+](=O)[O-])c2Br)n1. The normalized spacial score (nSPS) is 10.3. The summed E-state index contributed by atoms with van der Waals surface area (Å²) >= 11 is 3.18. The van der Waals surface area contributed by atoms with E-state index in [-0.39, 0.29) is 17.8 Å². The number of rotatable bonds is 4. The molecule has 2 aromatic rings. The standard InChI is InChI=1S/C12H10BrN3O4/c1-20-10-5-6-11(17)15(14-10)7-8-3-2-4-9(12(8)13)16(18)19/h2-6H,7H2,1H3. The molecule has 0 amide bonds. The number of hydrogen-bond donors (Lipinski definition) is 0. The molecule has 0 saturated heterocycles. The van der Waals surface area contributed by atoms with Crippen LogP contribution in [0, 0.1) is 10.1 Å². The zero-order chi connectivity index (χ0) is 14.7. The Balaban J connectivity index is 2.42. The number of benzene rings is 1. The molecule has 0 saturated carbocycles. The van der Waals surface area contributed by atoms with Gasteiger partial charge in [-0.05, 0) is 21.5 Å². The first-order chi connectivity index (χ1) is 9.52. The van der Waals surface area contributed by atoms with Crippen LogP contribution < -0.4 is 10.3 Å². The number of nitro benzene ring substituents is 1. The first-order valence-electron chi connectivity index (χ1n) is 5.57. The van der Waals surface area contributed by atoms with E-state index in [0.717, 1.165) is 0 Å². The first kappa shape index (κ1) is 14.2. The minimum absolute atomic E-state index is 0.0570. The van der Waals surface area contributed by atoms with E-state index in [0.29, 0.717) is 15.9 Å². The molecule has 0 spiro atoms. The fourth-order valence-corrected chi connectivity index (χ4v) is 2.18. The molecular formula is C12H10BrN3O4. The van der Waals surface area contributed by atoms with Crippen LogP contribution in [-0.4, -0.2) is 21.8 Å². The van der Waals surface area contributed by atoms with Crippen LogP contribution in [0.3, 0.4) is 0 Å². The number of hydrogen-bond acceptors (Lipinski definition) is 5. The molecule has 0 atom stereocenters. The predicted molar refractivity (Wildman–Crippen MR) is 74.9 cm³/mol. The van der Waals surface area contributed by atoms with Gasteiger partial charge < -0.3 is 4.74 Å². The highest BCUT2D eigenvalue weighted by atomic mass is 79.9. The molecule has 104 valence electrons. The van der Waals surface area contributed by atoms with Crippen molar-refractivity contribution in [2.24, 2.45) is 0 Å². The third kappa shape index (κ3) is 2.85. The van der Waals surface area contributed by atoms with Crippen molar-refractivity contribution < 1.29 is 9.66 Å². The highest BCUT2D eigenvalue weighted by Crippen LogP contribution is 2.28. The maximum Gasteiger partial charge on any atom is 0.283 e. The van der Waals surface area contributed by atoms with Gasteiger partial charge in [-0.2, -0.15) is 0 Å². The molecule has 7 nitrogen and oxygen atoms in total. The van der Waals surface area contributed by atoms with Crippen LogP contribution in [0.15, 0.2) is 39.6 Å². The number of methoxy groups -OCH3 is 1. The van der Waals surface area contributed by atoms with Crippen molar-refractivity contribution in [3.63, 3.8) is 0 Å². The maximum absolute atomic E-state index is 11.7. The van der Waals surface area contributed by atoms with Crippen molar-refractivity contribution in [2.75, 3.05) is 7.11 Å². The van der Waals surface area contributed by atoms with Gasteiger partial charge in [-0.15, -0.1) is 5.10 Å². The first-order valence-corrected chi connectivity index (χ1v) is 6.36. The highest BCUT2D eigenvalue weighted by molar-refractivity contribution is 9.10. The van der Waals surface area contributed by atoms with Gasteiger partial charge in [-0.1, -0.05) is 12.1 Å². The Morgan fingerprint density at radius 1 is 1.40 bits per heavy atom. The van der Waals surface area contributed by atoms with Crippen LogP contribution in [0.5, 0.6) is 5.88 Å². The zero-order valence-electron chi connectivity index (χ0n) is 10.4. The largest absolute Gasteiger partial charge is 0.480 e. The van der Waals surface area contributed by atoms with Crippen LogP contribution in [0.2, 0.25) is 0 Å². The van der Waals surface area contributed by atoms with Crippen LogP contribution >= 0.6 is 15.9 Å². The van der Waals surface area contributed by atoms with E-state index >= 15 is 0 Å². The molecule has 0 radical (unpaired) electrons. The lowest BCUT2D eigenvalue weighted by molar-refractivity contribution is -0.385. The van der Waals surface area contributed by atoms with Crippen molar-refractivity contribution in [1.29, 1.82) is 0 Å². The van der Waals surface area contributed by atoms with Crippen molar-refractivity contribution in [2.45, 2.75) is 6.54 Å². The lowest BCUT2D eigenvalue weighted by atomic mass is 10.2. The van der Waals surface area contributed by atoms with Crippen LogP contribution in [0.25, 0.3) is 0 Å². The van der Waals surface area contributed by atoms with E-state index in [9.17, 15) is 14.9 Å². The van der Waals surface area contributed by atoms with Gasteiger partial charge in [0.2, 0.25) is 5.88 Å². The van der Waals surface area contributed by atoms with Gasteiger partial charge in [0.1, 0.15) is 4.47 Å². The fourth-order valence-electron chi connectivity index (χ4n) is 1.64. The second-order valence-electron chi connectivity index (χ2n) is 3.88. The molecular weight excluding hydrogens is 330 g/mol. The molecule has 1 aromatic carbocycles. The van der Waals surface area contributed by atoms with Crippen molar-refractivity contribution in [3.05, 3.63) is 60.8 Å². The van der Waals surface area contributed by atoms with Gasteiger partial charge in [0.15, 0.2) is 0 Å². The minimum atomic E-state index is -0.491. The Hall–Kier alpha value is -2.22. The molecule has 0 bridgehead atoms. The van der Waals surface area contributed by atoms with Crippen molar-refractivity contribution >= 4 is 21.6 Å². The number of nitro groups is 1. The fraction of sp³-hybridized carbons (Fsp3) is 0.167. The highest BCUT2D eigenvalue weighted by Gasteiger charge is 2.15. The summed E-state index contributed by atoms with van der Waals surface area (Å²) in [4.78, 5) is 22.1. The van der Waals surface area contributed by atoms with Gasteiger partial charge in [0.25, 0.3) is 11.2 Å². The molecule has 20 heavy (non-hydrogen) atoms. The van der Waals surface area contributed by atoms with E-state index in [1.165, 1.54) is 30.0 Å². The third-order valence-corrected chi connectivity index (χ3v) is 3.54. The lowest BCUT2D eigenvalue weighted by Gasteiger charge is -2.08. The number of ether oxygens (including phenoxy) is 1. The molecule has 0 aliphatic rings. The Morgan fingerprint density at radius 3 is 2.80 bits per heavy atom. The third-order valence-electron chi connectivity index (χ3n) is 2.63. The summed E-state index contributed by atoms with van der Waals surface area (Å²) in [5, 5.41) is 14.9. The van der Waals surface area contributed by atoms with Gasteiger partial charge >= 0.3 is 0 Å². The van der Waals surface area contributed by atoms with E-state index in [4.69, 9.17) is 4.74 Å². The zero-order valence-corrected chi connectivity index (χ0v) is 12.0. The minimum Gasteiger partial charge on any atom is -0.480 e. The van der Waals surface area contributed by atoms with Gasteiger partial charge in [-0.25, -0.2) is 4.68 Å². The summed E-state index contributed by atoms with van der Waals surface area (Å²) < 4.78 is 6.47. The Morgan fingerprint density at radius 2 is 2.15 bits per heavy atom. The van der Waals surface area contributed by atoms with E-state index in [1.807, 2.05) is 0 Å². The summed E-state index contributed by atoms with van der Waals surface area (Å²) in [6, 6.07) is 7.42. The molecule has 0 aliphatic carbocycles. The summed E-state index contributed by atoms with van der Waals surface area (Å²) in [7, 11) is 1.44. The van der Waals surface area contributed by atoms with Gasteiger partial charge in [0, 0.05) is 18.2 Å². The van der Waals surface area contributed by atoms with Crippen molar-refractivity contribution in [3.8, 4) is 5.88 Å². The van der Waals surface area contributed by atoms with Crippen LogP contribution in [-0.2, 0) is 6.54 Å². The molecule has 0 aliphatic heterocycles. The quantitative estimate of drug-likeness (QED) is 0.627. The Kier molecular flexibility index (Phi) is 4.14. The molecule has 0 N–H and O–H groups in total. The molecule has 8 heteroatoms. The van der Waals surface area contributed by atoms with E-state index in [2.05, 4.69) is 21.0 Å². The Bertz CT molecular complexity index is 714. The number of aromatic nitrogens is 2. The topological polar surface area (TPSA) is 87.3 Å². The average molecular weight is 340 g/mol. The average Bonchev–Trinajstić information content (AvgIpc) is 2.43. The number of nitrogens with zero attached hydrogens (tertiary/aromatic N) is 3. The van der Waals surface area contributed by atoms with Crippen LogP contribution in [0.1, 0.15) is 5.56 Å². The summed E-state index contributed by atoms with van der Waals surface area (Å²) in [5.41, 5.74) is 0.213. The van der Waals surface area contributed by atoms with Gasteiger partial charge in [0.05, 0.1) is 18.6 Å². The van der Waals surface area contributed by atoms with E-state index in [1.54, 1.807) is 12.1 Å². The Labute approximate surface area is 122 Å². The molecule has 0 unspecified atom stereocenters. The maximum atomic E-state index is 11.7. The smallest absolute Gasteiger partial charge is 0.283 e. The summed E-state index contributed by atoms with van der Waals surface area (Å²) in [6.07, 6.45) is 0. The lowest BCUT2D eigenvalue weighted by Crippen LogP contribution is -2.22. The molecule has 0 fully saturated rings. The second-order valence-corrected chi connectivity index (χ2v) is 4.67. The van der Waals surface area contributed by atoms with Crippen molar-refractivity contribution in [1.82, 2.24) is 9.78 Å². The summed E-state index contributed by atoms with van der Waals surface area (Å²) in [5.74, 6) is 0.297. The summed E-state index contributed by atoms with van der Waals surface area (Å²) in [6.45, 7) is 0.109. The number of halogens is 1. The van der Waals surface area contributed by atoms with Crippen LogP contribution in [0.4, 0.5) is 5.69 Å². The second kappa shape index (κ2) is 5.83.